The zero-order valence-corrected chi connectivity index (χ0v) is 17.4. The zero-order valence-electron chi connectivity index (χ0n) is 16.5. The maximum atomic E-state index is 12.4. The van der Waals surface area contributed by atoms with Crippen LogP contribution in [-0.4, -0.2) is 46.3 Å². The summed E-state index contributed by atoms with van der Waals surface area (Å²) >= 11 is 0. The molecule has 0 amide bonds. The van der Waals surface area contributed by atoms with E-state index in [0.717, 1.165) is 0 Å². The van der Waals surface area contributed by atoms with E-state index in [0.29, 0.717) is 0 Å². The van der Waals surface area contributed by atoms with E-state index >= 15 is 0 Å². The van der Waals surface area contributed by atoms with Crippen molar-refractivity contribution in [2.45, 2.75) is 52.5 Å². The molecule has 1 unspecified atom stereocenters. The highest BCUT2D eigenvalue weighted by Gasteiger charge is 2.38. The average Bonchev–Trinajstić information content (AvgIpc) is 2.58. The van der Waals surface area contributed by atoms with E-state index in [1.54, 1.807) is 27.7 Å². The molecule has 0 aliphatic rings. The summed E-state index contributed by atoms with van der Waals surface area (Å²) in [6.45, 7) is 6.46. The van der Waals surface area contributed by atoms with Crippen molar-refractivity contribution in [2.24, 2.45) is 0 Å². The van der Waals surface area contributed by atoms with Gasteiger partial charge in [-0.25, -0.2) is 14.4 Å². The number of aromatic amines is 1. The first kappa shape index (κ1) is 24.1. The lowest BCUT2D eigenvalue weighted by molar-refractivity contribution is -0.0715. The number of hydrogen-bond acceptors (Lipinski definition) is 9. The van der Waals surface area contributed by atoms with E-state index in [2.05, 4.69) is 4.98 Å². The van der Waals surface area contributed by atoms with Crippen LogP contribution in [0.2, 0.25) is 0 Å². The van der Waals surface area contributed by atoms with Gasteiger partial charge in [0.15, 0.2) is 6.16 Å². The second-order valence-electron chi connectivity index (χ2n) is 6.21. The van der Waals surface area contributed by atoms with Crippen LogP contribution in [0.15, 0.2) is 34.0 Å². The lowest BCUT2D eigenvalue weighted by atomic mass is 10.5. The Labute approximate surface area is 167 Å². The van der Waals surface area contributed by atoms with Gasteiger partial charge in [0, 0.05) is 18.8 Å². The standard InChI is InChI=1S/C17H23N2O9P/c1-11(2)25-15(22)27-17(28-16(23)26-12(3)4)29(24)10-6-5-8-19-9-7-13(20)18-14(19)21/h5-7,9,11-12,17H,8,10H2,1-4H3/p+1. The number of aromatic nitrogens is 2. The van der Waals surface area contributed by atoms with Crippen LogP contribution in [0, 0.1) is 0 Å². The second kappa shape index (κ2) is 11.8. The summed E-state index contributed by atoms with van der Waals surface area (Å²) in [5, 5.41) is 0. The lowest BCUT2D eigenvalue weighted by Crippen LogP contribution is -2.28. The first-order valence-corrected chi connectivity index (χ1v) is 10.2. The number of hydrogen-bond donors (Lipinski definition) is 1. The molecule has 1 heterocycles. The molecule has 0 aliphatic heterocycles. The molecule has 0 fully saturated rings. The fraction of sp³-hybridized carbons (Fsp3) is 0.529. The Bertz CT molecular complexity index is 833. The van der Waals surface area contributed by atoms with Gasteiger partial charge < -0.3 is 18.9 Å². The number of carbonyl (C=O) groups is 2. The van der Waals surface area contributed by atoms with Crippen LogP contribution in [0.3, 0.4) is 0 Å². The summed E-state index contributed by atoms with van der Waals surface area (Å²) in [5.74, 6) is 0. The van der Waals surface area contributed by atoms with Crippen LogP contribution in [0.4, 0.5) is 9.59 Å². The van der Waals surface area contributed by atoms with Gasteiger partial charge in [0.1, 0.15) is 0 Å². The monoisotopic (exact) mass is 431 g/mol. The van der Waals surface area contributed by atoms with E-state index in [-0.39, 0.29) is 12.7 Å². The van der Waals surface area contributed by atoms with Crippen molar-refractivity contribution in [1.29, 1.82) is 0 Å². The summed E-state index contributed by atoms with van der Waals surface area (Å²) in [4.78, 5) is 48.0. The quantitative estimate of drug-likeness (QED) is 0.270. The minimum absolute atomic E-state index is 0.107. The van der Waals surface area contributed by atoms with E-state index < -0.39 is 49.6 Å². The number of H-pyrrole nitrogens is 1. The number of nitrogens with zero attached hydrogens (tertiary/aromatic N) is 1. The largest absolute Gasteiger partial charge is 0.514 e. The van der Waals surface area contributed by atoms with Gasteiger partial charge in [-0.2, -0.15) is 0 Å². The Morgan fingerprint density at radius 2 is 1.59 bits per heavy atom. The number of nitrogens with one attached hydrogen (secondary N) is 1. The molecule has 29 heavy (non-hydrogen) atoms. The SMILES string of the molecule is CC(C)OC(=O)OC(OC(=O)OC(C)C)[P+](=O)CC=CCn1ccc(=O)[nH]c1=O. The molecule has 160 valence electrons. The molecule has 12 heteroatoms. The summed E-state index contributed by atoms with van der Waals surface area (Å²) in [6.07, 6.45) is 0.898. The van der Waals surface area contributed by atoms with Crippen LogP contribution in [0.25, 0.3) is 0 Å². The lowest BCUT2D eigenvalue weighted by Gasteiger charge is -2.13. The van der Waals surface area contributed by atoms with Gasteiger partial charge in [0.2, 0.25) is 0 Å². The number of ether oxygens (including phenoxy) is 4. The molecule has 0 spiro atoms. The van der Waals surface area contributed by atoms with E-state index in [1.807, 2.05) is 0 Å². The Balaban J connectivity index is 2.73. The first-order chi connectivity index (χ1) is 13.6. The van der Waals surface area contributed by atoms with Gasteiger partial charge in [-0.1, -0.05) is 10.6 Å². The molecule has 0 bridgehead atoms. The number of carbonyl (C=O) groups excluding carboxylic acids is 2. The van der Waals surface area contributed by atoms with Crippen LogP contribution in [0.5, 0.6) is 0 Å². The highest BCUT2D eigenvalue weighted by Crippen LogP contribution is 2.31. The van der Waals surface area contributed by atoms with E-state index in [1.165, 1.54) is 29.0 Å². The Morgan fingerprint density at radius 3 is 2.07 bits per heavy atom. The topological polar surface area (TPSA) is 143 Å². The van der Waals surface area contributed by atoms with E-state index in [9.17, 15) is 23.7 Å². The number of rotatable bonds is 9. The summed E-state index contributed by atoms with van der Waals surface area (Å²) in [6, 6.07) is -0.517. The zero-order chi connectivity index (χ0) is 22.0. The molecule has 0 aliphatic carbocycles. The summed E-state index contributed by atoms with van der Waals surface area (Å²) in [7, 11) is -2.38. The minimum Gasteiger partial charge on any atom is -0.431 e. The third kappa shape index (κ3) is 9.70. The van der Waals surface area contributed by atoms with Crippen LogP contribution in [0.1, 0.15) is 27.7 Å². The third-order valence-electron chi connectivity index (χ3n) is 2.94. The Morgan fingerprint density at radius 1 is 1.03 bits per heavy atom. The molecule has 1 rings (SSSR count). The van der Waals surface area contributed by atoms with Gasteiger partial charge in [0.05, 0.1) is 12.2 Å². The van der Waals surface area contributed by atoms with Gasteiger partial charge in [-0.3, -0.25) is 14.3 Å². The molecule has 1 N–H and O–H groups in total. The molecule has 1 aromatic heterocycles. The fourth-order valence-corrected chi connectivity index (χ4v) is 2.72. The van der Waals surface area contributed by atoms with Crippen molar-refractivity contribution in [1.82, 2.24) is 9.55 Å². The molecule has 1 aromatic rings. The van der Waals surface area contributed by atoms with Crippen LogP contribution in [-0.2, 0) is 30.1 Å². The van der Waals surface area contributed by atoms with Gasteiger partial charge in [0.25, 0.3) is 5.56 Å². The fourth-order valence-electron chi connectivity index (χ4n) is 1.79. The molecular formula is C17H24N2O9P+. The Kier molecular flexibility index (Phi) is 9.81. The predicted molar refractivity (Wildman–Crippen MR) is 102 cm³/mol. The second-order valence-corrected chi connectivity index (χ2v) is 7.83. The summed E-state index contributed by atoms with van der Waals surface area (Å²) in [5.41, 5.74) is -1.11. The average molecular weight is 431 g/mol. The van der Waals surface area contributed by atoms with Gasteiger partial charge in [-0.05, 0) is 33.8 Å². The van der Waals surface area contributed by atoms with Crippen molar-refractivity contribution in [3.63, 3.8) is 0 Å². The highest BCUT2D eigenvalue weighted by molar-refractivity contribution is 7.45. The maximum Gasteiger partial charge on any atom is 0.514 e. The van der Waals surface area contributed by atoms with Crippen LogP contribution >= 0.6 is 7.80 Å². The Hall–Kier alpha value is -2.94. The molecule has 0 saturated heterocycles. The van der Waals surface area contributed by atoms with Crippen molar-refractivity contribution < 1.29 is 33.1 Å². The van der Waals surface area contributed by atoms with Gasteiger partial charge in [-0.15, -0.1) is 0 Å². The first-order valence-electron chi connectivity index (χ1n) is 8.71. The molecular weight excluding hydrogens is 407 g/mol. The van der Waals surface area contributed by atoms with Crippen molar-refractivity contribution in [2.75, 3.05) is 6.16 Å². The molecule has 1 atom stereocenters. The normalized spacial score (nSPS) is 11.8. The third-order valence-corrected chi connectivity index (χ3v) is 4.20. The number of allylic oxidation sites excluding steroid dienone is 2. The van der Waals surface area contributed by atoms with Crippen LogP contribution < -0.4 is 11.2 Å². The molecule has 0 radical (unpaired) electrons. The minimum atomic E-state index is -2.38. The van der Waals surface area contributed by atoms with Crippen molar-refractivity contribution in [3.05, 3.63) is 45.3 Å². The molecule has 11 nitrogen and oxygen atoms in total. The van der Waals surface area contributed by atoms with E-state index in [4.69, 9.17) is 18.9 Å². The molecule has 0 saturated carbocycles. The summed E-state index contributed by atoms with van der Waals surface area (Å²) < 4.78 is 32.9. The predicted octanol–water partition coefficient (Wildman–Crippen LogP) is 2.33. The van der Waals surface area contributed by atoms with Crippen molar-refractivity contribution >= 4 is 20.1 Å². The maximum absolute atomic E-state index is 12.4. The van der Waals surface area contributed by atoms with Gasteiger partial charge >= 0.3 is 31.8 Å². The van der Waals surface area contributed by atoms with Crippen molar-refractivity contribution in [3.8, 4) is 0 Å². The highest BCUT2D eigenvalue weighted by atomic mass is 31.1. The smallest absolute Gasteiger partial charge is 0.431 e. The molecule has 0 aromatic carbocycles.